The predicted molar refractivity (Wildman–Crippen MR) is 82.4 cm³/mol. The second-order valence-electron chi connectivity index (χ2n) is 4.23. The Labute approximate surface area is 125 Å². The van der Waals surface area contributed by atoms with Gasteiger partial charge >= 0.3 is 0 Å². The molecule has 3 aromatic rings. The number of H-pyrrole nitrogens is 1. The van der Waals surface area contributed by atoms with E-state index in [0.29, 0.717) is 4.77 Å². The number of thiophene rings is 1. The Balaban J connectivity index is 1.99. The SMILES string of the molecule is COc1ccc(-n2c(Cc3cccs3)n[nH]c2=S)cc1. The van der Waals surface area contributed by atoms with Crippen LogP contribution in [0.25, 0.3) is 5.69 Å². The summed E-state index contributed by atoms with van der Waals surface area (Å²) in [5, 5.41) is 9.26. The van der Waals surface area contributed by atoms with Gasteiger partial charge in [-0.25, -0.2) is 0 Å². The van der Waals surface area contributed by atoms with Gasteiger partial charge in [0.2, 0.25) is 0 Å². The van der Waals surface area contributed by atoms with Crippen LogP contribution in [0.15, 0.2) is 41.8 Å². The van der Waals surface area contributed by atoms with Crippen LogP contribution in [0.5, 0.6) is 5.75 Å². The van der Waals surface area contributed by atoms with Crippen LogP contribution in [0.2, 0.25) is 0 Å². The summed E-state index contributed by atoms with van der Waals surface area (Å²) >= 11 is 7.04. The molecular weight excluding hydrogens is 290 g/mol. The molecule has 0 aliphatic rings. The first-order chi connectivity index (χ1) is 9.78. The zero-order chi connectivity index (χ0) is 13.9. The molecule has 102 valence electrons. The number of hydrogen-bond acceptors (Lipinski definition) is 4. The largest absolute Gasteiger partial charge is 0.497 e. The molecule has 20 heavy (non-hydrogen) atoms. The molecule has 0 spiro atoms. The zero-order valence-electron chi connectivity index (χ0n) is 10.9. The molecule has 6 heteroatoms. The predicted octanol–water partition coefficient (Wildman–Crippen LogP) is 3.59. The Bertz CT molecular complexity index is 742. The zero-order valence-corrected chi connectivity index (χ0v) is 12.5. The van der Waals surface area contributed by atoms with Crippen LogP contribution in [-0.4, -0.2) is 21.9 Å². The third kappa shape index (κ3) is 2.52. The monoisotopic (exact) mass is 303 g/mol. The lowest BCUT2D eigenvalue weighted by Crippen LogP contribution is -2.01. The Hall–Kier alpha value is -1.92. The Kier molecular flexibility index (Phi) is 3.66. The molecule has 0 saturated carbocycles. The number of rotatable bonds is 4. The van der Waals surface area contributed by atoms with Crippen molar-refractivity contribution >= 4 is 23.6 Å². The number of ether oxygens (including phenoxy) is 1. The maximum atomic E-state index is 5.33. The van der Waals surface area contributed by atoms with Gasteiger partial charge in [-0.3, -0.25) is 9.67 Å². The second-order valence-corrected chi connectivity index (χ2v) is 5.65. The van der Waals surface area contributed by atoms with Crippen molar-refractivity contribution in [2.24, 2.45) is 0 Å². The van der Waals surface area contributed by atoms with E-state index in [4.69, 9.17) is 17.0 Å². The van der Waals surface area contributed by atoms with Gasteiger partial charge in [0.15, 0.2) is 4.77 Å². The van der Waals surface area contributed by atoms with Gasteiger partial charge < -0.3 is 4.74 Å². The Morgan fingerprint density at radius 1 is 1.30 bits per heavy atom. The van der Waals surface area contributed by atoms with Gasteiger partial charge in [0.1, 0.15) is 11.6 Å². The molecule has 0 atom stereocenters. The highest BCUT2D eigenvalue weighted by molar-refractivity contribution is 7.71. The van der Waals surface area contributed by atoms with E-state index in [9.17, 15) is 0 Å². The summed E-state index contributed by atoms with van der Waals surface area (Å²) in [6, 6.07) is 11.9. The number of nitrogens with one attached hydrogen (secondary N) is 1. The van der Waals surface area contributed by atoms with Crippen molar-refractivity contribution in [3.8, 4) is 11.4 Å². The molecule has 0 saturated heterocycles. The molecule has 0 amide bonds. The maximum absolute atomic E-state index is 5.33. The van der Waals surface area contributed by atoms with Crippen molar-refractivity contribution in [3.05, 3.63) is 57.3 Å². The molecule has 4 nitrogen and oxygen atoms in total. The number of benzene rings is 1. The smallest absolute Gasteiger partial charge is 0.199 e. The normalized spacial score (nSPS) is 10.7. The highest BCUT2D eigenvalue weighted by Crippen LogP contribution is 2.19. The van der Waals surface area contributed by atoms with E-state index in [-0.39, 0.29) is 0 Å². The molecule has 2 aromatic heterocycles. The van der Waals surface area contributed by atoms with Gasteiger partial charge in [-0.2, -0.15) is 5.10 Å². The van der Waals surface area contributed by atoms with Crippen LogP contribution in [0.4, 0.5) is 0 Å². The third-order valence-electron chi connectivity index (χ3n) is 2.98. The number of methoxy groups -OCH3 is 1. The number of aromatic amines is 1. The van der Waals surface area contributed by atoms with E-state index < -0.39 is 0 Å². The molecule has 0 aliphatic carbocycles. The molecule has 0 aliphatic heterocycles. The minimum atomic E-state index is 0.599. The Morgan fingerprint density at radius 2 is 2.10 bits per heavy atom. The molecule has 0 fully saturated rings. The quantitative estimate of drug-likeness (QED) is 0.749. The van der Waals surface area contributed by atoms with Crippen molar-refractivity contribution in [2.45, 2.75) is 6.42 Å². The van der Waals surface area contributed by atoms with E-state index in [1.807, 2.05) is 34.9 Å². The number of hydrogen-bond donors (Lipinski definition) is 1. The van der Waals surface area contributed by atoms with Crippen LogP contribution >= 0.6 is 23.6 Å². The molecule has 0 bridgehead atoms. The van der Waals surface area contributed by atoms with Crippen molar-refractivity contribution < 1.29 is 4.74 Å². The lowest BCUT2D eigenvalue weighted by molar-refractivity contribution is 0.414. The molecule has 2 heterocycles. The van der Waals surface area contributed by atoms with E-state index >= 15 is 0 Å². The van der Waals surface area contributed by atoms with Crippen LogP contribution in [-0.2, 0) is 6.42 Å². The fourth-order valence-corrected chi connectivity index (χ4v) is 2.97. The molecule has 1 aromatic carbocycles. The van der Waals surface area contributed by atoms with Gasteiger partial charge in [0, 0.05) is 17.0 Å². The maximum Gasteiger partial charge on any atom is 0.199 e. The molecule has 3 rings (SSSR count). The van der Waals surface area contributed by atoms with Gasteiger partial charge in [-0.1, -0.05) is 6.07 Å². The van der Waals surface area contributed by atoms with Crippen LogP contribution in [0.1, 0.15) is 10.7 Å². The minimum Gasteiger partial charge on any atom is -0.497 e. The summed E-state index contributed by atoms with van der Waals surface area (Å²) < 4.78 is 7.73. The lowest BCUT2D eigenvalue weighted by atomic mass is 10.2. The van der Waals surface area contributed by atoms with Crippen molar-refractivity contribution in [1.82, 2.24) is 14.8 Å². The summed E-state index contributed by atoms with van der Waals surface area (Å²) in [5.74, 6) is 1.73. The standard InChI is InChI=1S/C14H13N3OS2/c1-18-11-6-4-10(5-7-11)17-13(15-16-14(17)19)9-12-3-2-8-20-12/h2-8H,9H2,1H3,(H,16,19). The highest BCUT2D eigenvalue weighted by atomic mass is 32.1. The van der Waals surface area contributed by atoms with Crippen molar-refractivity contribution in [2.75, 3.05) is 7.11 Å². The summed E-state index contributed by atoms with van der Waals surface area (Å²) in [5.41, 5.74) is 0.983. The van der Waals surface area contributed by atoms with Gasteiger partial charge in [-0.05, 0) is 47.9 Å². The summed E-state index contributed by atoms with van der Waals surface area (Å²) in [4.78, 5) is 1.26. The van der Waals surface area contributed by atoms with Gasteiger partial charge in [0.05, 0.1) is 7.11 Å². The lowest BCUT2D eigenvalue weighted by Gasteiger charge is -2.07. The highest BCUT2D eigenvalue weighted by Gasteiger charge is 2.09. The van der Waals surface area contributed by atoms with E-state index in [1.165, 1.54) is 4.88 Å². The number of aromatic nitrogens is 3. The first-order valence-corrected chi connectivity index (χ1v) is 7.40. The first-order valence-electron chi connectivity index (χ1n) is 6.11. The average Bonchev–Trinajstić information content (AvgIpc) is 3.10. The summed E-state index contributed by atoms with van der Waals surface area (Å²) in [6.07, 6.45) is 0.761. The van der Waals surface area contributed by atoms with Crippen LogP contribution < -0.4 is 4.74 Å². The average molecular weight is 303 g/mol. The Morgan fingerprint density at radius 3 is 2.75 bits per heavy atom. The van der Waals surface area contributed by atoms with Gasteiger partial charge in [-0.15, -0.1) is 11.3 Å². The van der Waals surface area contributed by atoms with Gasteiger partial charge in [0.25, 0.3) is 0 Å². The van der Waals surface area contributed by atoms with Crippen molar-refractivity contribution in [1.29, 1.82) is 0 Å². The molecule has 0 radical (unpaired) electrons. The number of nitrogens with zero attached hydrogens (tertiary/aromatic N) is 2. The molecule has 0 unspecified atom stereocenters. The first kappa shape index (κ1) is 13.1. The van der Waals surface area contributed by atoms with Crippen LogP contribution in [0.3, 0.4) is 0 Å². The fraction of sp³-hybridized carbons (Fsp3) is 0.143. The van der Waals surface area contributed by atoms with E-state index in [0.717, 1.165) is 23.7 Å². The van der Waals surface area contributed by atoms with E-state index in [2.05, 4.69) is 21.6 Å². The molecule has 1 N–H and O–H groups in total. The fourth-order valence-electron chi connectivity index (χ4n) is 2.01. The third-order valence-corrected chi connectivity index (χ3v) is 4.14. The second kappa shape index (κ2) is 5.60. The summed E-state index contributed by atoms with van der Waals surface area (Å²) in [6.45, 7) is 0. The molecular formula is C14H13N3OS2. The van der Waals surface area contributed by atoms with Crippen LogP contribution in [0, 0.1) is 4.77 Å². The topological polar surface area (TPSA) is 42.8 Å². The van der Waals surface area contributed by atoms with Crippen molar-refractivity contribution in [3.63, 3.8) is 0 Å². The van der Waals surface area contributed by atoms with E-state index in [1.54, 1.807) is 18.4 Å². The minimum absolute atomic E-state index is 0.599. The summed E-state index contributed by atoms with van der Waals surface area (Å²) in [7, 11) is 1.65.